The molecule has 0 rings (SSSR count). The molecule has 15 nitrogen and oxygen atoms in total. The molecular formula is C20H38F3N7O8. The molecule has 0 saturated heterocycles. The summed E-state index contributed by atoms with van der Waals surface area (Å²) in [5.41, 5.74) is 19.1. The van der Waals surface area contributed by atoms with Crippen molar-refractivity contribution in [3.8, 4) is 0 Å². The zero-order chi connectivity index (χ0) is 29.7. The number of aliphatic carboxylic acids is 1. The Bertz CT molecular complexity index is 697. The van der Waals surface area contributed by atoms with Gasteiger partial charge in [-0.15, -0.1) is 0 Å². The van der Waals surface area contributed by atoms with Crippen LogP contribution < -0.4 is 10.8 Å². The van der Waals surface area contributed by atoms with E-state index >= 15 is 0 Å². The summed E-state index contributed by atoms with van der Waals surface area (Å²) >= 11 is 0. The van der Waals surface area contributed by atoms with Crippen molar-refractivity contribution in [3.05, 3.63) is 20.9 Å². The first-order chi connectivity index (χ1) is 17.8. The Morgan fingerprint density at radius 2 is 1.21 bits per heavy atom. The largest absolute Gasteiger partial charge is 0.542 e. The summed E-state index contributed by atoms with van der Waals surface area (Å²) in [6.07, 6.45) is -4.21. The molecule has 0 aliphatic rings. The summed E-state index contributed by atoms with van der Waals surface area (Å²) in [5.74, 6) is -3.21. The first-order valence-electron chi connectivity index (χ1n) is 11.4. The minimum Gasteiger partial charge on any atom is -0.542 e. The lowest BCUT2D eigenvalue weighted by atomic mass is 10.2. The molecule has 0 bridgehead atoms. The Balaban J connectivity index is -0.000000547. The van der Waals surface area contributed by atoms with E-state index in [9.17, 15) is 18.0 Å². The van der Waals surface area contributed by atoms with Gasteiger partial charge < -0.3 is 39.3 Å². The zero-order valence-corrected chi connectivity index (χ0v) is 22.0. The SMILES string of the molecule is CC(C)(C)OC(=O)CCCOCCOCCN=[N+]=[N-].O=C([O-])C(F)(F)F.[N-]=[N+]=NCCOCCOCC[NH3+]. The van der Waals surface area contributed by atoms with E-state index in [-0.39, 0.29) is 5.97 Å². The van der Waals surface area contributed by atoms with Gasteiger partial charge in [-0.25, -0.2) is 0 Å². The highest BCUT2D eigenvalue weighted by Gasteiger charge is 2.28. The van der Waals surface area contributed by atoms with Crippen molar-refractivity contribution < 1.29 is 57.3 Å². The number of azide groups is 2. The number of nitrogens with zero attached hydrogens (tertiary/aromatic N) is 6. The van der Waals surface area contributed by atoms with E-state index in [1.165, 1.54) is 0 Å². The normalized spacial score (nSPS) is 10.5. The number of esters is 1. The van der Waals surface area contributed by atoms with E-state index in [2.05, 4.69) is 25.8 Å². The fourth-order valence-corrected chi connectivity index (χ4v) is 1.76. The topological polar surface area (TPSA) is 229 Å². The van der Waals surface area contributed by atoms with Crippen LogP contribution in [0.1, 0.15) is 33.6 Å². The van der Waals surface area contributed by atoms with Crippen LogP contribution in [-0.4, -0.2) is 96.2 Å². The Labute approximate surface area is 218 Å². The predicted octanol–water partition coefficient (Wildman–Crippen LogP) is 1.32. The molecule has 0 aromatic carbocycles. The number of hydrogen-bond donors (Lipinski definition) is 1. The van der Waals surface area contributed by atoms with Crippen LogP contribution in [0.5, 0.6) is 0 Å². The maximum atomic E-state index is 11.4. The summed E-state index contributed by atoms with van der Waals surface area (Å²) in [7, 11) is 0. The molecule has 0 aromatic heterocycles. The maximum Gasteiger partial charge on any atom is 0.430 e. The molecule has 0 radical (unpaired) electrons. The van der Waals surface area contributed by atoms with Gasteiger partial charge in [-0.05, 0) is 38.3 Å². The molecule has 0 amide bonds. The van der Waals surface area contributed by atoms with Gasteiger partial charge in [0.15, 0.2) is 0 Å². The van der Waals surface area contributed by atoms with Gasteiger partial charge in [-0.2, -0.15) is 13.2 Å². The molecular weight excluding hydrogens is 523 g/mol. The molecule has 0 aliphatic heterocycles. The van der Waals surface area contributed by atoms with Gasteiger partial charge in [0.1, 0.15) is 11.6 Å². The van der Waals surface area contributed by atoms with Crippen LogP contribution in [0.2, 0.25) is 0 Å². The molecule has 0 aliphatic carbocycles. The smallest absolute Gasteiger partial charge is 0.430 e. The van der Waals surface area contributed by atoms with Gasteiger partial charge in [0.05, 0.1) is 52.8 Å². The van der Waals surface area contributed by atoms with E-state index in [0.717, 1.165) is 6.54 Å². The number of hydrogen-bond acceptors (Lipinski definition) is 10. The molecule has 0 unspecified atom stereocenters. The second-order valence-electron chi connectivity index (χ2n) is 7.69. The average Bonchev–Trinajstić information content (AvgIpc) is 2.81. The van der Waals surface area contributed by atoms with E-state index < -0.39 is 17.7 Å². The number of rotatable bonds is 18. The number of carboxylic acid groups (broad SMARTS) is 1. The number of alkyl halides is 3. The molecule has 222 valence electrons. The highest BCUT2D eigenvalue weighted by atomic mass is 19.4. The quantitative estimate of drug-likeness (QED) is 0.0841. The third-order valence-electron chi connectivity index (χ3n) is 3.15. The van der Waals surface area contributed by atoms with Crippen molar-refractivity contribution in [1.29, 1.82) is 0 Å². The van der Waals surface area contributed by atoms with Crippen LogP contribution >= 0.6 is 0 Å². The summed E-state index contributed by atoms with van der Waals surface area (Å²) < 4.78 is 57.3. The first-order valence-corrected chi connectivity index (χ1v) is 11.4. The first kappa shape index (κ1) is 39.7. The van der Waals surface area contributed by atoms with Crippen LogP contribution in [-0.2, 0) is 33.3 Å². The molecule has 0 spiro atoms. The third kappa shape index (κ3) is 40.3. The van der Waals surface area contributed by atoms with E-state index in [1.54, 1.807) is 0 Å². The fraction of sp³-hybridized carbons (Fsp3) is 0.900. The number of carboxylic acids is 1. The lowest BCUT2D eigenvalue weighted by Gasteiger charge is -2.19. The molecule has 0 heterocycles. The minimum atomic E-state index is -5.19. The molecule has 38 heavy (non-hydrogen) atoms. The second kappa shape index (κ2) is 27.2. The standard InChI is InChI=1S/C12H23N3O4.C6H14N4O2.C2HF3O2/c1-12(2,3)19-11(16)5-4-7-17-9-10-18-8-6-14-15-13;7-1-3-11-5-6-12-4-2-9-10-8;3-2(4,5)1(6)7/h4-10H2,1-3H3;1-7H2;(H,6,7). The Kier molecular flexibility index (Phi) is 28.4. The highest BCUT2D eigenvalue weighted by Crippen LogP contribution is 2.11. The van der Waals surface area contributed by atoms with Gasteiger partial charge in [0, 0.05) is 35.9 Å². The van der Waals surface area contributed by atoms with Crippen molar-refractivity contribution in [2.24, 2.45) is 10.2 Å². The summed E-state index contributed by atoms with van der Waals surface area (Å²) in [4.78, 5) is 25.3. The van der Waals surface area contributed by atoms with Crippen LogP contribution in [0.4, 0.5) is 13.2 Å². The fourth-order valence-electron chi connectivity index (χ4n) is 1.76. The van der Waals surface area contributed by atoms with Gasteiger partial charge in [-0.3, -0.25) is 4.79 Å². The van der Waals surface area contributed by atoms with Gasteiger partial charge in [0.25, 0.3) is 0 Å². The average molecular weight is 562 g/mol. The van der Waals surface area contributed by atoms with Crippen molar-refractivity contribution in [2.75, 3.05) is 72.5 Å². The second-order valence-corrected chi connectivity index (χ2v) is 7.69. The lowest BCUT2D eigenvalue weighted by molar-refractivity contribution is -0.374. The zero-order valence-electron chi connectivity index (χ0n) is 22.0. The highest BCUT2D eigenvalue weighted by molar-refractivity contribution is 5.70. The van der Waals surface area contributed by atoms with Crippen molar-refractivity contribution in [3.63, 3.8) is 0 Å². The lowest BCUT2D eigenvalue weighted by Crippen LogP contribution is -2.52. The van der Waals surface area contributed by atoms with E-state index in [4.69, 9.17) is 44.6 Å². The van der Waals surface area contributed by atoms with Crippen molar-refractivity contribution in [2.45, 2.75) is 45.4 Å². The van der Waals surface area contributed by atoms with Gasteiger partial charge in [0.2, 0.25) is 0 Å². The predicted molar refractivity (Wildman–Crippen MR) is 125 cm³/mol. The molecule has 18 heteroatoms. The number of carbonyl (C=O) groups excluding carboxylic acids is 2. The number of ether oxygens (including phenoxy) is 5. The third-order valence-corrected chi connectivity index (χ3v) is 3.15. The number of quaternary nitrogens is 1. The summed E-state index contributed by atoms with van der Waals surface area (Å²) in [6.45, 7) is 11.1. The van der Waals surface area contributed by atoms with Crippen LogP contribution in [0.15, 0.2) is 10.2 Å². The molecule has 0 fully saturated rings. The van der Waals surface area contributed by atoms with Crippen molar-refractivity contribution >= 4 is 11.9 Å². The van der Waals surface area contributed by atoms with E-state index in [0.29, 0.717) is 78.8 Å². The molecule has 3 N–H and O–H groups in total. The Morgan fingerprint density at radius 1 is 0.816 bits per heavy atom. The van der Waals surface area contributed by atoms with E-state index in [1.807, 2.05) is 20.8 Å². The number of halogens is 3. The maximum absolute atomic E-state index is 11.4. The van der Waals surface area contributed by atoms with Crippen molar-refractivity contribution in [1.82, 2.24) is 0 Å². The minimum absolute atomic E-state index is 0.207. The van der Waals surface area contributed by atoms with Crippen LogP contribution in [0.3, 0.4) is 0 Å². The van der Waals surface area contributed by atoms with Gasteiger partial charge >= 0.3 is 12.1 Å². The Morgan fingerprint density at radius 3 is 1.55 bits per heavy atom. The molecule has 0 atom stereocenters. The monoisotopic (exact) mass is 561 g/mol. The van der Waals surface area contributed by atoms with Crippen LogP contribution in [0, 0.1) is 0 Å². The summed E-state index contributed by atoms with van der Waals surface area (Å²) in [6, 6.07) is 0. The Hall–Kier alpha value is -2.85. The molecule has 0 saturated carbocycles. The molecule has 0 aromatic rings. The number of carbonyl (C=O) groups is 2. The van der Waals surface area contributed by atoms with Gasteiger partial charge in [-0.1, -0.05) is 10.2 Å². The van der Waals surface area contributed by atoms with Crippen LogP contribution in [0.25, 0.3) is 20.9 Å². The summed E-state index contributed by atoms with van der Waals surface area (Å²) in [5, 5.41) is 15.4.